The number of rotatable bonds is 1. The lowest BCUT2D eigenvalue weighted by atomic mass is 10.6. The van der Waals surface area contributed by atoms with Crippen LogP contribution in [0.15, 0.2) is 17.4 Å². The largest absolute Gasteiger partial charge is 0.283 e. The molecule has 0 radical (unpaired) electrons. The molecule has 6 nitrogen and oxygen atoms in total. The average Bonchev–Trinajstić information content (AvgIpc) is 2.46. The molecule has 0 spiro atoms. The predicted octanol–water partition coefficient (Wildman–Crippen LogP) is 0.360. The summed E-state index contributed by atoms with van der Waals surface area (Å²) in [5, 5.41) is 7.12. The van der Waals surface area contributed by atoms with Crippen LogP contribution >= 0.6 is 10.7 Å². The quantitative estimate of drug-likeness (QED) is 0.664. The van der Waals surface area contributed by atoms with E-state index < -0.39 is 9.05 Å². The van der Waals surface area contributed by atoms with Crippen LogP contribution in [0, 0.1) is 6.92 Å². The molecule has 0 bridgehead atoms. The maximum absolute atomic E-state index is 11.1. The molecule has 74 valence electrons. The average molecular weight is 233 g/mol. The molecule has 0 fully saturated rings. The number of aromatic nitrogens is 4. The summed E-state index contributed by atoms with van der Waals surface area (Å²) in [5.74, 6) is 0.573. The lowest BCUT2D eigenvalue weighted by molar-refractivity contribution is 0.606. The van der Waals surface area contributed by atoms with Crippen molar-refractivity contribution in [3.8, 4) is 0 Å². The van der Waals surface area contributed by atoms with Crippen molar-refractivity contribution in [3.63, 3.8) is 0 Å². The molecule has 0 amide bonds. The maximum atomic E-state index is 11.1. The van der Waals surface area contributed by atoms with Crippen molar-refractivity contribution in [2.45, 2.75) is 11.9 Å². The molecule has 0 aliphatic rings. The van der Waals surface area contributed by atoms with E-state index >= 15 is 0 Å². The first-order valence-electron chi connectivity index (χ1n) is 3.61. The van der Waals surface area contributed by atoms with Gasteiger partial charge in [0.15, 0.2) is 5.65 Å². The van der Waals surface area contributed by atoms with E-state index in [9.17, 15) is 8.42 Å². The second-order valence-corrected chi connectivity index (χ2v) is 5.09. The number of hydrogen-bond acceptors (Lipinski definition) is 5. The van der Waals surface area contributed by atoms with Gasteiger partial charge in [-0.25, -0.2) is 13.4 Å². The van der Waals surface area contributed by atoms with Crippen LogP contribution in [-0.4, -0.2) is 28.0 Å². The third kappa shape index (κ3) is 1.34. The number of nitrogens with zero attached hydrogens (tertiary/aromatic N) is 4. The van der Waals surface area contributed by atoms with Gasteiger partial charge < -0.3 is 0 Å². The molecule has 0 atom stereocenters. The molecule has 0 N–H and O–H groups in total. The van der Waals surface area contributed by atoms with E-state index in [1.165, 1.54) is 10.6 Å². The summed E-state index contributed by atoms with van der Waals surface area (Å²) in [4.78, 5) is 3.65. The molecule has 0 aliphatic carbocycles. The van der Waals surface area contributed by atoms with Gasteiger partial charge in [0, 0.05) is 23.1 Å². The van der Waals surface area contributed by atoms with Crippen LogP contribution in [0.1, 0.15) is 5.82 Å². The first kappa shape index (κ1) is 9.35. The normalized spacial score (nSPS) is 12.1. The highest BCUT2D eigenvalue weighted by molar-refractivity contribution is 8.13. The summed E-state index contributed by atoms with van der Waals surface area (Å²) in [7, 11) is 1.30. The minimum absolute atomic E-state index is 0.139. The molecule has 2 aromatic rings. The molecule has 2 heterocycles. The topological polar surface area (TPSA) is 77.2 Å². The summed E-state index contributed by atoms with van der Waals surface area (Å²) in [5.41, 5.74) is 0.139. The predicted molar refractivity (Wildman–Crippen MR) is 48.6 cm³/mol. The van der Waals surface area contributed by atoms with Crippen LogP contribution in [0.2, 0.25) is 0 Å². The van der Waals surface area contributed by atoms with E-state index in [-0.39, 0.29) is 10.7 Å². The first-order valence-corrected chi connectivity index (χ1v) is 5.92. The van der Waals surface area contributed by atoms with Gasteiger partial charge in [-0.15, -0.1) is 10.2 Å². The van der Waals surface area contributed by atoms with Crippen molar-refractivity contribution < 1.29 is 8.42 Å². The van der Waals surface area contributed by atoms with Gasteiger partial charge in [0.2, 0.25) is 5.03 Å². The van der Waals surface area contributed by atoms with Gasteiger partial charge in [-0.3, -0.25) is 4.40 Å². The third-order valence-electron chi connectivity index (χ3n) is 1.70. The summed E-state index contributed by atoms with van der Waals surface area (Å²) in [6, 6.07) is 0. The molecule has 8 heteroatoms. The monoisotopic (exact) mass is 232 g/mol. The van der Waals surface area contributed by atoms with Gasteiger partial charge in [0.1, 0.15) is 5.82 Å². The number of hydrogen-bond donors (Lipinski definition) is 0. The highest BCUT2D eigenvalue weighted by Crippen LogP contribution is 2.16. The summed E-state index contributed by atoms with van der Waals surface area (Å²) >= 11 is 0. The van der Waals surface area contributed by atoms with Crippen LogP contribution in [0.3, 0.4) is 0 Å². The fourth-order valence-corrected chi connectivity index (χ4v) is 1.96. The van der Waals surface area contributed by atoms with Gasteiger partial charge in [0.05, 0.1) is 0 Å². The summed E-state index contributed by atoms with van der Waals surface area (Å²) < 4.78 is 23.7. The Labute approximate surface area is 84.0 Å². The Morgan fingerprint density at radius 2 is 2.14 bits per heavy atom. The van der Waals surface area contributed by atoms with Crippen molar-refractivity contribution in [1.82, 2.24) is 19.6 Å². The Hall–Kier alpha value is -1.21. The van der Waals surface area contributed by atoms with E-state index in [4.69, 9.17) is 10.7 Å². The number of halogens is 1. The number of fused-ring (bicyclic) bond motifs is 1. The lowest BCUT2D eigenvalue weighted by Crippen LogP contribution is -2.00. The van der Waals surface area contributed by atoms with Gasteiger partial charge in [-0.05, 0) is 6.92 Å². The Kier molecular flexibility index (Phi) is 1.93. The zero-order chi connectivity index (χ0) is 10.3. The third-order valence-corrected chi connectivity index (χ3v) is 2.88. The lowest BCUT2D eigenvalue weighted by Gasteiger charge is -1.97. The van der Waals surface area contributed by atoms with Crippen LogP contribution in [0.25, 0.3) is 5.65 Å². The van der Waals surface area contributed by atoms with Crippen LogP contribution in [0.4, 0.5) is 0 Å². The molecule has 0 saturated carbocycles. The van der Waals surface area contributed by atoms with Gasteiger partial charge in [-0.1, -0.05) is 0 Å². The summed E-state index contributed by atoms with van der Waals surface area (Å²) in [6.45, 7) is 1.70. The van der Waals surface area contributed by atoms with E-state index in [1.807, 2.05) is 0 Å². The zero-order valence-corrected chi connectivity index (χ0v) is 8.62. The summed E-state index contributed by atoms with van der Waals surface area (Å²) in [6.07, 6.45) is 2.90. The SMILES string of the molecule is Cc1nnc2c(S(=O)(=O)Cl)nccn12. The second kappa shape index (κ2) is 2.89. The molecule has 0 aliphatic heterocycles. The number of aryl methyl sites for hydroxylation is 1. The zero-order valence-electron chi connectivity index (χ0n) is 7.05. The van der Waals surface area contributed by atoms with Crippen LogP contribution in [-0.2, 0) is 9.05 Å². The minimum Gasteiger partial charge on any atom is -0.283 e. The first-order chi connectivity index (χ1) is 6.50. The Morgan fingerprint density at radius 3 is 2.79 bits per heavy atom. The van der Waals surface area contributed by atoms with Crippen molar-refractivity contribution in [1.29, 1.82) is 0 Å². The van der Waals surface area contributed by atoms with E-state index in [0.29, 0.717) is 5.82 Å². The molecular weight excluding hydrogens is 228 g/mol. The van der Waals surface area contributed by atoms with E-state index in [0.717, 1.165) is 0 Å². The van der Waals surface area contributed by atoms with Crippen molar-refractivity contribution in [2.75, 3.05) is 0 Å². The van der Waals surface area contributed by atoms with Crippen molar-refractivity contribution >= 4 is 25.4 Å². The Bertz CT molecular complexity index is 591. The highest BCUT2D eigenvalue weighted by atomic mass is 35.7. The second-order valence-electron chi connectivity index (χ2n) is 2.61. The Balaban J connectivity index is 2.92. The molecule has 2 rings (SSSR count). The molecule has 14 heavy (non-hydrogen) atoms. The van der Waals surface area contributed by atoms with Crippen molar-refractivity contribution in [3.05, 3.63) is 18.2 Å². The van der Waals surface area contributed by atoms with E-state index in [2.05, 4.69) is 15.2 Å². The minimum atomic E-state index is -3.88. The van der Waals surface area contributed by atoms with Gasteiger partial charge in [0.25, 0.3) is 9.05 Å². The maximum Gasteiger partial charge on any atom is 0.282 e. The standard InChI is InChI=1S/C6H5ClN4O2S/c1-4-9-10-5-6(14(7,12)13)8-2-3-11(4)5/h2-3H,1H3. The van der Waals surface area contributed by atoms with Crippen molar-refractivity contribution in [2.24, 2.45) is 0 Å². The highest BCUT2D eigenvalue weighted by Gasteiger charge is 2.18. The fraction of sp³-hybridized carbons (Fsp3) is 0.167. The molecule has 2 aromatic heterocycles. The van der Waals surface area contributed by atoms with Crippen LogP contribution < -0.4 is 0 Å². The molecular formula is C6H5ClN4O2S. The van der Waals surface area contributed by atoms with E-state index in [1.54, 1.807) is 13.1 Å². The Morgan fingerprint density at radius 1 is 1.43 bits per heavy atom. The molecule has 0 saturated heterocycles. The van der Waals surface area contributed by atoms with Gasteiger partial charge in [-0.2, -0.15) is 0 Å². The smallest absolute Gasteiger partial charge is 0.282 e. The fourth-order valence-electron chi connectivity index (χ4n) is 1.09. The van der Waals surface area contributed by atoms with Gasteiger partial charge >= 0.3 is 0 Å². The van der Waals surface area contributed by atoms with Crippen LogP contribution in [0.5, 0.6) is 0 Å². The molecule has 0 unspecified atom stereocenters. The molecule has 0 aromatic carbocycles.